The second-order valence-electron chi connectivity index (χ2n) is 3.20. The zero-order chi connectivity index (χ0) is 11.5. The molecule has 0 aliphatic heterocycles. The lowest BCUT2D eigenvalue weighted by Crippen LogP contribution is -1.84. The van der Waals surface area contributed by atoms with Gasteiger partial charge in [0.25, 0.3) is 0 Å². The van der Waals surface area contributed by atoms with Crippen molar-refractivity contribution in [1.29, 1.82) is 0 Å². The third-order valence-electron chi connectivity index (χ3n) is 1.90. The highest BCUT2D eigenvalue weighted by molar-refractivity contribution is 5.22. The normalized spacial score (nSPS) is 11.1. The molecule has 0 nitrogen and oxygen atoms in total. The molecule has 0 heteroatoms. The second kappa shape index (κ2) is 9.26. The number of benzene rings is 1. The van der Waals surface area contributed by atoms with Crippen molar-refractivity contribution in [3.05, 3.63) is 59.7 Å². The Morgan fingerprint density at radius 1 is 1.13 bits per heavy atom. The lowest BCUT2D eigenvalue weighted by molar-refractivity contribution is 1.14. The lowest BCUT2D eigenvalue weighted by atomic mass is 10.1. The van der Waals surface area contributed by atoms with Gasteiger partial charge in [-0.2, -0.15) is 0 Å². The fraction of sp³-hybridized carbons (Fsp3) is 0.333. The Bertz CT molecular complexity index is 291. The van der Waals surface area contributed by atoms with Crippen molar-refractivity contribution in [2.24, 2.45) is 0 Å². The molecule has 0 spiro atoms. The quantitative estimate of drug-likeness (QED) is 0.619. The Hall–Kier alpha value is -1.30. The van der Waals surface area contributed by atoms with Gasteiger partial charge in [0, 0.05) is 0 Å². The van der Waals surface area contributed by atoms with E-state index in [0.29, 0.717) is 0 Å². The van der Waals surface area contributed by atoms with Gasteiger partial charge in [0.15, 0.2) is 0 Å². The maximum atomic E-state index is 2.16. The van der Waals surface area contributed by atoms with Crippen LogP contribution in [0.25, 0.3) is 0 Å². The Kier molecular flexibility index (Phi) is 8.46. The highest BCUT2D eigenvalue weighted by atomic mass is 14.0. The lowest BCUT2D eigenvalue weighted by Gasteiger charge is -1.99. The molecule has 0 radical (unpaired) electrons. The average Bonchev–Trinajstić information content (AvgIpc) is 2.30. The van der Waals surface area contributed by atoms with E-state index in [4.69, 9.17) is 0 Å². The van der Waals surface area contributed by atoms with Gasteiger partial charge in [-0.1, -0.05) is 68.0 Å². The van der Waals surface area contributed by atoms with E-state index in [1.807, 2.05) is 20.8 Å². The molecule has 1 rings (SSSR count). The summed E-state index contributed by atoms with van der Waals surface area (Å²) in [5.74, 6) is 0. The minimum atomic E-state index is 1.05. The van der Waals surface area contributed by atoms with Gasteiger partial charge >= 0.3 is 0 Å². The van der Waals surface area contributed by atoms with Crippen molar-refractivity contribution < 1.29 is 0 Å². The third kappa shape index (κ3) is 6.73. The van der Waals surface area contributed by atoms with Gasteiger partial charge in [-0.05, 0) is 25.8 Å². The maximum Gasteiger partial charge on any atom is -0.00668 e. The highest BCUT2D eigenvalue weighted by Crippen LogP contribution is 2.06. The zero-order valence-corrected chi connectivity index (χ0v) is 10.3. The van der Waals surface area contributed by atoms with Crippen molar-refractivity contribution in [3.63, 3.8) is 0 Å². The number of rotatable bonds is 3. The fourth-order valence-corrected chi connectivity index (χ4v) is 1.24. The summed E-state index contributed by atoms with van der Waals surface area (Å²) < 4.78 is 0. The summed E-state index contributed by atoms with van der Waals surface area (Å²) in [5.41, 5.74) is 2.77. The first kappa shape index (κ1) is 13.7. The van der Waals surface area contributed by atoms with Crippen LogP contribution in [0.4, 0.5) is 0 Å². The zero-order valence-electron chi connectivity index (χ0n) is 10.3. The molecular formula is C15H22. The molecule has 15 heavy (non-hydrogen) atoms. The van der Waals surface area contributed by atoms with Crippen LogP contribution in [0, 0.1) is 0 Å². The molecule has 0 aromatic heterocycles. The Balaban J connectivity index is 0.000000921. The van der Waals surface area contributed by atoms with Crippen molar-refractivity contribution in [2.75, 3.05) is 0 Å². The van der Waals surface area contributed by atoms with Gasteiger partial charge < -0.3 is 0 Å². The molecule has 82 valence electrons. The number of hydrogen-bond donors (Lipinski definition) is 0. The summed E-state index contributed by atoms with van der Waals surface area (Å²) in [6, 6.07) is 10.5. The van der Waals surface area contributed by atoms with Crippen LogP contribution in [0.15, 0.2) is 54.1 Å². The molecule has 0 aliphatic carbocycles. The first-order valence-electron chi connectivity index (χ1n) is 5.65. The smallest absolute Gasteiger partial charge is 0.00668 e. The van der Waals surface area contributed by atoms with Crippen molar-refractivity contribution in [2.45, 2.75) is 34.1 Å². The van der Waals surface area contributed by atoms with Crippen LogP contribution in [0.5, 0.6) is 0 Å². The van der Waals surface area contributed by atoms with Gasteiger partial charge in [-0.3, -0.25) is 0 Å². The number of hydrogen-bond acceptors (Lipinski definition) is 0. The van der Waals surface area contributed by atoms with E-state index in [1.54, 1.807) is 0 Å². The summed E-state index contributed by atoms with van der Waals surface area (Å²) in [7, 11) is 0. The molecule has 0 heterocycles. The van der Waals surface area contributed by atoms with E-state index in [2.05, 4.69) is 55.5 Å². The van der Waals surface area contributed by atoms with Crippen LogP contribution in [0.2, 0.25) is 0 Å². The minimum absolute atomic E-state index is 1.05. The van der Waals surface area contributed by atoms with E-state index in [-0.39, 0.29) is 0 Å². The first-order valence-corrected chi connectivity index (χ1v) is 5.65. The van der Waals surface area contributed by atoms with E-state index >= 15 is 0 Å². The summed E-state index contributed by atoms with van der Waals surface area (Å²) in [5, 5.41) is 0. The van der Waals surface area contributed by atoms with Crippen LogP contribution < -0.4 is 0 Å². The van der Waals surface area contributed by atoms with E-state index in [9.17, 15) is 0 Å². The Morgan fingerprint density at radius 3 is 2.27 bits per heavy atom. The van der Waals surface area contributed by atoms with Crippen molar-refractivity contribution in [3.8, 4) is 0 Å². The molecule has 0 bridgehead atoms. The van der Waals surface area contributed by atoms with Crippen molar-refractivity contribution in [1.82, 2.24) is 0 Å². The summed E-state index contributed by atoms with van der Waals surface area (Å²) in [4.78, 5) is 0. The topological polar surface area (TPSA) is 0 Å². The first-order chi connectivity index (χ1) is 7.33. The Morgan fingerprint density at radius 2 is 1.73 bits per heavy atom. The monoisotopic (exact) mass is 202 g/mol. The molecular weight excluding hydrogens is 180 g/mol. The van der Waals surface area contributed by atoms with E-state index < -0.39 is 0 Å². The fourth-order valence-electron chi connectivity index (χ4n) is 1.24. The van der Waals surface area contributed by atoms with Gasteiger partial charge in [0.05, 0.1) is 0 Å². The van der Waals surface area contributed by atoms with Crippen LogP contribution in [0.1, 0.15) is 33.3 Å². The Labute approximate surface area is 94.3 Å². The third-order valence-corrected chi connectivity index (χ3v) is 1.90. The molecule has 1 aromatic carbocycles. The average molecular weight is 202 g/mol. The summed E-state index contributed by atoms with van der Waals surface area (Å²) >= 11 is 0. The second-order valence-corrected chi connectivity index (χ2v) is 3.20. The molecule has 0 atom stereocenters. The van der Waals surface area contributed by atoms with Gasteiger partial charge in [-0.25, -0.2) is 0 Å². The van der Waals surface area contributed by atoms with E-state index in [0.717, 1.165) is 6.42 Å². The highest BCUT2D eigenvalue weighted by Gasteiger charge is 1.91. The summed E-state index contributed by atoms with van der Waals surface area (Å²) in [6.45, 7) is 8.19. The SMILES string of the molecule is C/C=C\C=C(/C)Cc1ccccc1.CC. The van der Waals surface area contributed by atoms with E-state index in [1.165, 1.54) is 11.1 Å². The van der Waals surface area contributed by atoms with Crippen LogP contribution in [0.3, 0.4) is 0 Å². The molecule has 0 fully saturated rings. The molecule has 0 amide bonds. The largest absolute Gasteiger partial charge is 0.0877 e. The summed E-state index contributed by atoms with van der Waals surface area (Å²) in [6.07, 6.45) is 7.34. The standard InChI is InChI=1S/C13H16.C2H6/c1-3-4-8-12(2)11-13-9-6-5-7-10-13;1-2/h3-10H,11H2,1-2H3;1-2H3/b4-3-,12-8+;. The molecule has 0 N–H and O–H groups in total. The van der Waals surface area contributed by atoms with Gasteiger partial charge in [0.1, 0.15) is 0 Å². The molecule has 0 saturated heterocycles. The van der Waals surface area contributed by atoms with Crippen molar-refractivity contribution >= 4 is 0 Å². The molecule has 0 unspecified atom stereocenters. The maximum absolute atomic E-state index is 2.16. The molecule has 0 aliphatic rings. The van der Waals surface area contributed by atoms with Gasteiger partial charge in [0.2, 0.25) is 0 Å². The van der Waals surface area contributed by atoms with Crippen LogP contribution in [-0.4, -0.2) is 0 Å². The van der Waals surface area contributed by atoms with Crippen LogP contribution >= 0.6 is 0 Å². The molecule has 0 saturated carbocycles. The predicted octanol–water partition coefficient (Wildman–Crippen LogP) is 4.78. The van der Waals surface area contributed by atoms with Crippen LogP contribution in [-0.2, 0) is 6.42 Å². The predicted molar refractivity (Wildman–Crippen MR) is 70.1 cm³/mol. The minimum Gasteiger partial charge on any atom is -0.0877 e. The number of allylic oxidation sites excluding steroid dienone is 4. The van der Waals surface area contributed by atoms with Gasteiger partial charge in [-0.15, -0.1) is 0 Å². The molecule has 1 aromatic rings.